The maximum Gasteiger partial charge on any atom is 0.308 e. The number of carbonyl (C=O) groups is 1. The summed E-state index contributed by atoms with van der Waals surface area (Å²) in [6.45, 7) is 3.37. The van der Waals surface area contributed by atoms with Gasteiger partial charge in [0.05, 0.1) is 5.92 Å². The number of rotatable bonds is 3. The third-order valence-electron chi connectivity index (χ3n) is 5.08. The van der Waals surface area contributed by atoms with Crippen molar-refractivity contribution in [1.82, 2.24) is 4.90 Å². The lowest BCUT2D eigenvalue weighted by Crippen LogP contribution is -2.35. The van der Waals surface area contributed by atoms with E-state index in [4.69, 9.17) is 0 Å². The fourth-order valence-electron chi connectivity index (χ4n) is 4.04. The number of hydrogen-bond acceptors (Lipinski definition) is 2. The quantitative estimate of drug-likeness (QED) is 0.930. The van der Waals surface area contributed by atoms with E-state index < -0.39 is 17.6 Å². The Morgan fingerprint density at radius 3 is 2.67 bits per heavy atom. The third-order valence-corrected chi connectivity index (χ3v) is 5.08. The second-order valence-electron chi connectivity index (χ2n) is 6.23. The van der Waals surface area contributed by atoms with Crippen molar-refractivity contribution < 1.29 is 18.7 Å². The second kappa shape index (κ2) is 5.05. The van der Waals surface area contributed by atoms with E-state index in [0.29, 0.717) is 12.0 Å². The van der Waals surface area contributed by atoms with Crippen molar-refractivity contribution in [1.29, 1.82) is 0 Å². The number of nitrogens with zero attached hydrogens (tertiary/aromatic N) is 1. The van der Waals surface area contributed by atoms with E-state index in [1.54, 1.807) is 0 Å². The Labute approximate surface area is 122 Å². The molecular weight excluding hydrogens is 276 g/mol. The number of fused-ring (bicyclic) bond motifs is 2. The van der Waals surface area contributed by atoms with Crippen LogP contribution in [0.5, 0.6) is 0 Å². The number of carboxylic acids is 1. The van der Waals surface area contributed by atoms with Crippen molar-refractivity contribution in [2.45, 2.75) is 51.2 Å². The van der Waals surface area contributed by atoms with Gasteiger partial charge in [0.1, 0.15) is 11.6 Å². The van der Waals surface area contributed by atoms with Crippen molar-refractivity contribution in [2.75, 3.05) is 0 Å². The van der Waals surface area contributed by atoms with Gasteiger partial charge in [-0.05, 0) is 50.8 Å². The molecule has 3 rings (SSSR count). The molecule has 0 radical (unpaired) electrons. The molecule has 0 aliphatic carbocycles. The van der Waals surface area contributed by atoms with E-state index in [0.717, 1.165) is 12.8 Å². The summed E-state index contributed by atoms with van der Waals surface area (Å²) in [6, 6.07) is 2.26. The molecule has 1 aromatic rings. The van der Waals surface area contributed by atoms with Crippen molar-refractivity contribution >= 4 is 5.97 Å². The SMILES string of the molecule is Cc1cc(F)c(C(C)N2C3CCC2C(C(=O)O)C3)cc1F. The molecule has 2 heterocycles. The summed E-state index contributed by atoms with van der Waals surface area (Å²) in [6.07, 6.45) is 2.37. The summed E-state index contributed by atoms with van der Waals surface area (Å²) in [5.74, 6) is -2.00. The van der Waals surface area contributed by atoms with E-state index in [9.17, 15) is 18.7 Å². The van der Waals surface area contributed by atoms with Gasteiger partial charge in [-0.1, -0.05) is 0 Å². The number of halogens is 2. The number of carboxylic acid groups (broad SMARTS) is 1. The molecule has 2 aliphatic heterocycles. The van der Waals surface area contributed by atoms with Crippen LogP contribution in [0.1, 0.15) is 43.4 Å². The van der Waals surface area contributed by atoms with Crippen LogP contribution < -0.4 is 0 Å². The van der Waals surface area contributed by atoms with Crippen LogP contribution in [-0.2, 0) is 4.79 Å². The van der Waals surface area contributed by atoms with Gasteiger partial charge < -0.3 is 5.11 Å². The molecule has 4 unspecified atom stereocenters. The van der Waals surface area contributed by atoms with Crippen molar-refractivity contribution in [3.63, 3.8) is 0 Å². The largest absolute Gasteiger partial charge is 0.481 e. The molecule has 0 aromatic heterocycles. The van der Waals surface area contributed by atoms with Gasteiger partial charge in [0.25, 0.3) is 0 Å². The molecule has 1 N–H and O–H groups in total. The first-order valence-electron chi connectivity index (χ1n) is 7.36. The van der Waals surface area contributed by atoms with Gasteiger partial charge >= 0.3 is 5.97 Å². The Balaban J connectivity index is 1.91. The molecule has 4 atom stereocenters. The van der Waals surface area contributed by atoms with Crippen LogP contribution >= 0.6 is 0 Å². The Hall–Kier alpha value is -1.49. The highest BCUT2D eigenvalue weighted by molar-refractivity contribution is 5.71. The maximum atomic E-state index is 14.2. The Morgan fingerprint density at radius 1 is 1.33 bits per heavy atom. The standard InChI is InChI=1S/C16H19F2NO2/c1-8-5-14(18)11(7-13(8)17)9(2)19-10-3-4-15(19)12(6-10)16(20)21/h5,7,9-10,12,15H,3-4,6H2,1-2H3,(H,20,21). The second-order valence-corrected chi connectivity index (χ2v) is 6.23. The van der Waals surface area contributed by atoms with Crippen LogP contribution in [-0.4, -0.2) is 28.1 Å². The van der Waals surface area contributed by atoms with Gasteiger partial charge in [-0.3, -0.25) is 9.69 Å². The number of hydrogen-bond donors (Lipinski definition) is 1. The highest BCUT2D eigenvalue weighted by atomic mass is 19.1. The monoisotopic (exact) mass is 295 g/mol. The van der Waals surface area contributed by atoms with Gasteiger partial charge in [0, 0.05) is 23.7 Å². The van der Waals surface area contributed by atoms with E-state index in [1.807, 2.05) is 6.92 Å². The molecule has 5 heteroatoms. The molecule has 0 amide bonds. The molecular formula is C16H19F2NO2. The third kappa shape index (κ3) is 2.24. The van der Waals surface area contributed by atoms with E-state index in [1.165, 1.54) is 19.1 Å². The average Bonchev–Trinajstić information content (AvgIpc) is 2.99. The molecule has 114 valence electrons. The summed E-state index contributed by atoms with van der Waals surface area (Å²) in [5.41, 5.74) is 0.609. The molecule has 0 spiro atoms. The summed E-state index contributed by atoms with van der Waals surface area (Å²) in [4.78, 5) is 13.4. The smallest absolute Gasteiger partial charge is 0.308 e. The molecule has 2 saturated heterocycles. The van der Waals surface area contributed by atoms with Crippen molar-refractivity contribution in [3.05, 3.63) is 34.9 Å². The van der Waals surface area contributed by atoms with Crippen LogP contribution in [0, 0.1) is 24.5 Å². The summed E-state index contributed by atoms with van der Waals surface area (Å²) >= 11 is 0. The first-order valence-corrected chi connectivity index (χ1v) is 7.36. The van der Waals surface area contributed by atoms with Gasteiger partial charge in [-0.25, -0.2) is 8.78 Å². The fraction of sp³-hybridized carbons (Fsp3) is 0.562. The molecule has 2 fully saturated rings. The topological polar surface area (TPSA) is 40.5 Å². The lowest BCUT2D eigenvalue weighted by Gasteiger charge is -2.30. The van der Waals surface area contributed by atoms with Gasteiger partial charge in [0.2, 0.25) is 0 Å². The summed E-state index contributed by atoms with van der Waals surface area (Å²) in [5, 5.41) is 9.28. The highest BCUT2D eigenvalue weighted by Crippen LogP contribution is 2.46. The molecule has 0 saturated carbocycles. The van der Waals surface area contributed by atoms with E-state index >= 15 is 0 Å². The van der Waals surface area contributed by atoms with Gasteiger partial charge in [-0.2, -0.15) is 0 Å². The molecule has 21 heavy (non-hydrogen) atoms. The van der Waals surface area contributed by atoms with Crippen LogP contribution in [0.15, 0.2) is 12.1 Å². The van der Waals surface area contributed by atoms with Crippen molar-refractivity contribution in [3.8, 4) is 0 Å². The van der Waals surface area contributed by atoms with Crippen LogP contribution in [0.25, 0.3) is 0 Å². The molecule has 2 aliphatic rings. The number of aryl methyl sites for hydroxylation is 1. The Bertz CT molecular complexity index is 590. The van der Waals surface area contributed by atoms with Crippen molar-refractivity contribution in [2.24, 2.45) is 5.92 Å². The van der Waals surface area contributed by atoms with Crippen LogP contribution in [0.3, 0.4) is 0 Å². The first kappa shape index (κ1) is 14.4. The summed E-state index contributed by atoms with van der Waals surface area (Å²) < 4.78 is 27.9. The van der Waals surface area contributed by atoms with E-state index in [2.05, 4.69) is 4.90 Å². The first-order chi connectivity index (χ1) is 9.90. The zero-order chi connectivity index (χ0) is 15.3. The minimum atomic E-state index is -0.782. The predicted molar refractivity (Wildman–Crippen MR) is 73.9 cm³/mol. The number of aliphatic carboxylic acids is 1. The molecule has 1 aromatic carbocycles. The molecule has 2 bridgehead atoms. The van der Waals surface area contributed by atoms with E-state index in [-0.39, 0.29) is 29.6 Å². The Kier molecular flexibility index (Phi) is 3.48. The normalized spacial score (nSPS) is 29.8. The fourth-order valence-corrected chi connectivity index (χ4v) is 4.04. The maximum absolute atomic E-state index is 14.2. The zero-order valence-corrected chi connectivity index (χ0v) is 12.1. The molecule has 3 nitrogen and oxygen atoms in total. The van der Waals surface area contributed by atoms with Crippen LogP contribution in [0.2, 0.25) is 0 Å². The lowest BCUT2D eigenvalue weighted by atomic mass is 9.89. The Morgan fingerprint density at radius 2 is 2.05 bits per heavy atom. The lowest BCUT2D eigenvalue weighted by molar-refractivity contribution is -0.142. The minimum absolute atomic E-state index is 0.0636. The minimum Gasteiger partial charge on any atom is -0.481 e. The summed E-state index contributed by atoms with van der Waals surface area (Å²) in [7, 11) is 0. The average molecular weight is 295 g/mol. The van der Waals surface area contributed by atoms with Crippen LogP contribution in [0.4, 0.5) is 8.78 Å². The highest BCUT2D eigenvalue weighted by Gasteiger charge is 2.51. The van der Waals surface area contributed by atoms with Gasteiger partial charge in [-0.15, -0.1) is 0 Å². The predicted octanol–water partition coefficient (Wildman–Crippen LogP) is 3.27. The number of benzene rings is 1. The zero-order valence-electron chi connectivity index (χ0n) is 12.1. The van der Waals surface area contributed by atoms with Gasteiger partial charge in [0.15, 0.2) is 0 Å².